The van der Waals surface area contributed by atoms with E-state index < -0.39 is 29.9 Å². The van der Waals surface area contributed by atoms with Crippen molar-refractivity contribution in [3.05, 3.63) is 29.8 Å². The number of nitrogens with zero attached hydrogens (tertiary/aromatic N) is 1. The highest BCUT2D eigenvalue weighted by molar-refractivity contribution is 8.00. The van der Waals surface area contributed by atoms with Crippen molar-refractivity contribution >= 4 is 23.7 Å². The second-order valence-electron chi connectivity index (χ2n) is 4.18. The second-order valence-corrected chi connectivity index (χ2v) is 5.60. The van der Waals surface area contributed by atoms with E-state index in [0.717, 1.165) is 11.8 Å². The fourth-order valence-electron chi connectivity index (χ4n) is 1.30. The summed E-state index contributed by atoms with van der Waals surface area (Å²) in [6.07, 6.45) is -4.54. The third-order valence-corrected chi connectivity index (χ3v) is 3.46. The number of alkyl halides is 3. The number of carbonyl (C=O) groups is 2. The minimum atomic E-state index is -4.54. The summed E-state index contributed by atoms with van der Waals surface area (Å²) in [5.74, 6) is -0.714. The number of hydrogen-bond acceptors (Lipinski definition) is 4. The molecule has 5 nitrogen and oxygen atoms in total. The maximum atomic E-state index is 11.9. The van der Waals surface area contributed by atoms with Gasteiger partial charge in [-0.1, -0.05) is 0 Å². The Hall–Kier alpha value is -2.21. The first kappa shape index (κ1) is 17.8. The first-order valence-electron chi connectivity index (χ1n) is 6.03. The van der Waals surface area contributed by atoms with E-state index in [1.807, 2.05) is 11.4 Å². The maximum absolute atomic E-state index is 11.9. The van der Waals surface area contributed by atoms with Gasteiger partial charge in [-0.05, 0) is 31.2 Å². The molecule has 1 atom stereocenters. The van der Waals surface area contributed by atoms with Gasteiger partial charge in [-0.15, -0.1) is 11.8 Å². The molecular weight excluding hydrogens is 319 g/mol. The molecule has 0 aliphatic heterocycles. The number of nitrogens with one attached hydrogen (secondary N) is 2. The standard InChI is InChI=1S/C13H12F3N3O2S/c1-8(22-10-4-2-9(6-17)3-5-10)11(20)19-12(21)18-7-13(14,15)16/h2-5,8H,7H2,1H3,(H2,18,19,20,21)/t8-/m0/s1. The van der Waals surface area contributed by atoms with Crippen LogP contribution in [0, 0.1) is 11.3 Å². The average Bonchev–Trinajstić information content (AvgIpc) is 2.45. The van der Waals surface area contributed by atoms with Crippen LogP contribution < -0.4 is 10.6 Å². The topological polar surface area (TPSA) is 82.0 Å². The summed E-state index contributed by atoms with van der Waals surface area (Å²) >= 11 is 1.11. The number of amides is 3. The quantitative estimate of drug-likeness (QED) is 0.830. The highest BCUT2D eigenvalue weighted by atomic mass is 32.2. The van der Waals surface area contributed by atoms with Crippen LogP contribution in [-0.2, 0) is 4.79 Å². The number of hydrogen-bond donors (Lipinski definition) is 2. The zero-order chi connectivity index (χ0) is 16.8. The summed E-state index contributed by atoms with van der Waals surface area (Å²) in [7, 11) is 0. The Morgan fingerprint density at radius 2 is 1.91 bits per heavy atom. The van der Waals surface area contributed by atoms with Gasteiger partial charge in [-0.25, -0.2) is 4.79 Å². The van der Waals surface area contributed by atoms with Crippen LogP contribution in [0.5, 0.6) is 0 Å². The number of carbonyl (C=O) groups excluding carboxylic acids is 2. The van der Waals surface area contributed by atoms with Crippen LogP contribution in [0.25, 0.3) is 0 Å². The lowest BCUT2D eigenvalue weighted by Crippen LogP contribution is -2.45. The Bertz CT molecular complexity index is 582. The minimum absolute atomic E-state index is 0.466. The van der Waals surface area contributed by atoms with Crippen molar-refractivity contribution in [3.63, 3.8) is 0 Å². The number of halogens is 3. The van der Waals surface area contributed by atoms with Crippen LogP contribution in [0.1, 0.15) is 12.5 Å². The molecule has 3 amide bonds. The molecule has 0 aliphatic carbocycles. The van der Waals surface area contributed by atoms with Crippen molar-refractivity contribution in [2.24, 2.45) is 0 Å². The van der Waals surface area contributed by atoms with Crippen LogP contribution in [0.15, 0.2) is 29.2 Å². The zero-order valence-electron chi connectivity index (χ0n) is 11.4. The van der Waals surface area contributed by atoms with Gasteiger partial charge in [0.05, 0.1) is 16.9 Å². The molecule has 22 heavy (non-hydrogen) atoms. The first-order valence-corrected chi connectivity index (χ1v) is 6.91. The number of imide groups is 1. The minimum Gasteiger partial charge on any atom is -0.329 e. The van der Waals surface area contributed by atoms with Gasteiger partial charge in [-0.3, -0.25) is 10.1 Å². The molecule has 1 aromatic rings. The van der Waals surface area contributed by atoms with Gasteiger partial charge >= 0.3 is 12.2 Å². The van der Waals surface area contributed by atoms with E-state index in [0.29, 0.717) is 10.5 Å². The van der Waals surface area contributed by atoms with E-state index >= 15 is 0 Å². The highest BCUT2D eigenvalue weighted by Crippen LogP contribution is 2.23. The van der Waals surface area contributed by atoms with Crippen LogP contribution in [-0.4, -0.2) is 29.9 Å². The summed E-state index contributed by atoms with van der Waals surface area (Å²) < 4.78 is 35.7. The van der Waals surface area contributed by atoms with E-state index in [1.165, 1.54) is 6.92 Å². The fraction of sp³-hybridized carbons (Fsp3) is 0.308. The molecule has 0 saturated carbocycles. The zero-order valence-corrected chi connectivity index (χ0v) is 12.2. The summed E-state index contributed by atoms with van der Waals surface area (Å²) in [4.78, 5) is 23.5. The maximum Gasteiger partial charge on any atom is 0.405 e. The third-order valence-electron chi connectivity index (χ3n) is 2.35. The number of nitriles is 1. The highest BCUT2D eigenvalue weighted by Gasteiger charge is 2.28. The van der Waals surface area contributed by atoms with Crippen LogP contribution >= 0.6 is 11.8 Å². The lowest BCUT2D eigenvalue weighted by molar-refractivity contribution is -0.124. The first-order chi connectivity index (χ1) is 10.2. The van der Waals surface area contributed by atoms with Gasteiger partial charge in [0.25, 0.3) is 0 Å². The molecule has 0 aromatic heterocycles. The average molecular weight is 331 g/mol. The molecule has 118 valence electrons. The molecule has 0 saturated heterocycles. The normalized spacial score (nSPS) is 12.1. The molecule has 0 aliphatic rings. The van der Waals surface area contributed by atoms with Gasteiger partial charge in [0.2, 0.25) is 5.91 Å². The van der Waals surface area contributed by atoms with Gasteiger partial charge in [-0.2, -0.15) is 18.4 Å². The molecule has 0 spiro atoms. The Morgan fingerprint density at radius 3 is 2.41 bits per heavy atom. The van der Waals surface area contributed by atoms with Crippen molar-refractivity contribution < 1.29 is 22.8 Å². The molecule has 0 radical (unpaired) electrons. The van der Waals surface area contributed by atoms with Crippen molar-refractivity contribution in [1.82, 2.24) is 10.6 Å². The van der Waals surface area contributed by atoms with E-state index in [2.05, 4.69) is 0 Å². The predicted octanol–water partition coefficient (Wildman–Crippen LogP) is 2.43. The van der Waals surface area contributed by atoms with Crippen molar-refractivity contribution in [3.8, 4) is 6.07 Å². The van der Waals surface area contributed by atoms with E-state index in [9.17, 15) is 22.8 Å². The Morgan fingerprint density at radius 1 is 1.32 bits per heavy atom. The summed E-state index contributed by atoms with van der Waals surface area (Å²) in [6.45, 7) is -0.00149. The third kappa shape index (κ3) is 6.49. The van der Waals surface area contributed by atoms with Gasteiger partial charge in [0.15, 0.2) is 0 Å². The second kappa shape index (κ2) is 7.70. The van der Waals surface area contributed by atoms with Crippen molar-refractivity contribution in [2.75, 3.05) is 6.54 Å². The van der Waals surface area contributed by atoms with E-state index in [1.54, 1.807) is 29.6 Å². The monoisotopic (exact) mass is 331 g/mol. The molecule has 1 rings (SSSR count). The predicted molar refractivity (Wildman–Crippen MR) is 74.1 cm³/mol. The fourth-order valence-corrected chi connectivity index (χ4v) is 2.17. The lowest BCUT2D eigenvalue weighted by Gasteiger charge is -2.12. The summed E-state index contributed by atoms with van der Waals surface area (Å²) in [6, 6.07) is 7.17. The number of urea groups is 1. The molecule has 0 bridgehead atoms. The van der Waals surface area contributed by atoms with Gasteiger partial charge in [0.1, 0.15) is 6.54 Å². The number of thioether (sulfide) groups is 1. The summed E-state index contributed by atoms with van der Waals surface area (Å²) in [5.41, 5.74) is 0.466. The molecule has 0 unspecified atom stereocenters. The van der Waals surface area contributed by atoms with Crippen molar-refractivity contribution in [2.45, 2.75) is 23.2 Å². The van der Waals surface area contributed by atoms with E-state index in [4.69, 9.17) is 5.26 Å². The van der Waals surface area contributed by atoms with Crippen LogP contribution in [0.3, 0.4) is 0 Å². The largest absolute Gasteiger partial charge is 0.405 e. The van der Waals surface area contributed by atoms with Crippen LogP contribution in [0.4, 0.5) is 18.0 Å². The SMILES string of the molecule is C[C@H](Sc1ccc(C#N)cc1)C(=O)NC(=O)NCC(F)(F)F. The molecular formula is C13H12F3N3O2S. The molecule has 0 heterocycles. The van der Waals surface area contributed by atoms with Gasteiger partial charge in [0, 0.05) is 4.90 Å². The van der Waals surface area contributed by atoms with Crippen LogP contribution in [0.2, 0.25) is 0 Å². The summed E-state index contributed by atoms with van der Waals surface area (Å²) in [5, 5.41) is 11.3. The number of benzene rings is 1. The Balaban J connectivity index is 2.47. The Labute approximate surface area is 128 Å². The van der Waals surface area contributed by atoms with Gasteiger partial charge < -0.3 is 5.32 Å². The molecule has 0 fully saturated rings. The lowest BCUT2D eigenvalue weighted by atomic mass is 10.2. The smallest absolute Gasteiger partial charge is 0.329 e. The van der Waals surface area contributed by atoms with Crippen molar-refractivity contribution in [1.29, 1.82) is 5.26 Å². The Kier molecular flexibility index (Phi) is 6.24. The molecule has 2 N–H and O–H groups in total. The number of rotatable bonds is 4. The van der Waals surface area contributed by atoms with E-state index in [-0.39, 0.29) is 0 Å². The molecule has 9 heteroatoms. The molecule has 1 aromatic carbocycles.